The molecule has 2 atom stereocenters. The number of carbonyl (C=O) groups excluding carboxylic acids is 2. The summed E-state index contributed by atoms with van der Waals surface area (Å²) in [5, 5.41) is 2.93. The van der Waals surface area contributed by atoms with Gasteiger partial charge in [0, 0.05) is 37.1 Å². The van der Waals surface area contributed by atoms with Crippen LogP contribution in [0, 0.1) is 5.92 Å². The standard InChI is InChI=1S/C21H33N3O2S/c1-5-17(4)22-19(25)15-23-11-13-24(14-12-23)21(26)20(16(2)3)27-18-9-7-6-8-10-18/h6-10,16-17,20H,5,11-15H2,1-4H3,(H,22,25)/t17-,20-/m1/s1. The molecule has 2 rings (SSSR count). The zero-order chi connectivity index (χ0) is 19.8. The van der Waals surface area contributed by atoms with Crippen molar-refractivity contribution in [2.24, 2.45) is 5.92 Å². The number of amides is 2. The topological polar surface area (TPSA) is 52.7 Å². The minimum atomic E-state index is -0.0762. The van der Waals surface area contributed by atoms with Gasteiger partial charge in [0.2, 0.25) is 11.8 Å². The van der Waals surface area contributed by atoms with Crippen LogP contribution in [0.25, 0.3) is 0 Å². The van der Waals surface area contributed by atoms with E-state index in [0.717, 1.165) is 24.4 Å². The Morgan fingerprint density at radius 1 is 1.07 bits per heavy atom. The van der Waals surface area contributed by atoms with Crippen molar-refractivity contribution < 1.29 is 9.59 Å². The maximum atomic E-state index is 13.1. The number of hydrogen-bond acceptors (Lipinski definition) is 4. The summed E-state index contributed by atoms with van der Waals surface area (Å²) in [6, 6.07) is 10.3. The highest BCUT2D eigenvalue weighted by Crippen LogP contribution is 2.29. The third-order valence-corrected chi connectivity index (χ3v) is 6.47. The molecule has 1 saturated heterocycles. The second-order valence-corrected chi connectivity index (χ2v) is 8.79. The van der Waals surface area contributed by atoms with Gasteiger partial charge in [-0.15, -0.1) is 11.8 Å². The Morgan fingerprint density at radius 3 is 2.26 bits per heavy atom. The third kappa shape index (κ3) is 6.85. The predicted molar refractivity (Wildman–Crippen MR) is 112 cm³/mol. The van der Waals surface area contributed by atoms with E-state index in [9.17, 15) is 9.59 Å². The van der Waals surface area contributed by atoms with Crippen LogP contribution >= 0.6 is 11.8 Å². The van der Waals surface area contributed by atoms with Gasteiger partial charge in [0.05, 0.1) is 11.8 Å². The highest BCUT2D eigenvalue weighted by molar-refractivity contribution is 8.00. The average Bonchev–Trinajstić information content (AvgIpc) is 2.66. The molecule has 0 spiro atoms. The molecule has 0 aromatic heterocycles. The molecule has 0 unspecified atom stereocenters. The monoisotopic (exact) mass is 391 g/mol. The number of thioether (sulfide) groups is 1. The highest BCUT2D eigenvalue weighted by Gasteiger charge is 2.30. The number of hydrogen-bond donors (Lipinski definition) is 1. The minimum Gasteiger partial charge on any atom is -0.353 e. The first-order valence-corrected chi connectivity index (χ1v) is 10.8. The summed E-state index contributed by atoms with van der Waals surface area (Å²) in [6.45, 7) is 11.6. The van der Waals surface area contributed by atoms with E-state index < -0.39 is 0 Å². The molecule has 0 bridgehead atoms. The first-order chi connectivity index (χ1) is 12.9. The number of benzene rings is 1. The first kappa shape index (κ1) is 21.8. The van der Waals surface area contributed by atoms with Crippen LogP contribution < -0.4 is 5.32 Å². The molecule has 1 aliphatic rings. The normalized spacial score (nSPS) is 17.6. The maximum Gasteiger partial charge on any atom is 0.236 e. The van der Waals surface area contributed by atoms with Crippen LogP contribution in [-0.4, -0.2) is 65.6 Å². The van der Waals surface area contributed by atoms with Crippen LogP contribution in [0.2, 0.25) is 0 Å². The van der Waals surface area contributed by atoms with Crippen LogP contribution in [0.3, 0.4) is 0 Å². The largest absolute Gasteiger partial charge is 0.353 e. The van der Waals surface area contributed by atoms with Crippen LogP contribution in [0.4, 0.5) is 0 Å². The van der Waals surface area contributed by atoms with Crippen molar-refractivity contribution in [3.63, 3.8) is 0 Å². The van der Waals surface area contributed by atoms with Crippen molar-refractivity contribution in [3.8, 4) is 0 Å². The fourth-order valence-corrected chi connectivity index (χ4v) is 4.18. The minimum absolute atomic E-state index is 0.0730. The number of piperazine rings is 1. The van der Waals surface area contributed by atoms with Gasteiger partial charge in [-0.2, -0.15) is 0 Å². The summed E-state index contributed by atoms with van der Waals surface area (Å²) in [6.07, 6.45) is 0.934. The summed E-state index contributed by atoms with van der Waals surface area (Å²) >= 11 is 1.65. The molecule has 0 radical (unpaired) electrons. The van der Waals surface area contributed by atoms with E-state index >= 15 is 0 Å². The van der Waals surface area contributed by atoms with E-state index in [1.807, 2.05) is 30.0 Å². The Labute approximate surface area is 167 Å². The highest BCUT2D eigenvalue weighted by atomic mass is 32.2. The van der Waals surface area contributed by atoms with Gasteiger partial charge in [-0.05, 0) is 31.4 Å². The fourth-order valence-electron chi connectivity index (χ4n) is 3.05. The van der Waals surface area contributed by atoms with Crippen molar-refractivity contribution >= 4 is 23.6 Å². The van der Waals surface area contributed by atoms with Crippen molar-refractivity contribution in [2.75, 3.05) is 32.7 Å². The van der Waals surface area contributed by atoms with Crippen LogP contribution in [0.1, 0.15) is 34.1 Å². The molecule has 0 saturated carbocycles. The van der Waals surface area contributed by atoms with Gasteiger partial charge < -0.3 is 10.2 Å². The van der Waals surface area contributed by atoms with E-state index in [4.69, 9.17) is 0 Å². The summed E-state index contributed by atoms with van der Waals surface area (Å²) in [5.41, 5.74) is 0. The summed E-state index contributed by atoms with van der Waals surface area (Å²) < 4.78 is 0. The molecule has 0 aliphatic carbocycles. The number of carbonyl (C=O) groups is 2. The third-order valence-electron chi connectivity index (χ3n) is 4.93. The quantitative estimate of drug-likeness (QED) is 0.693. The summed E-state index contributed by atoms with van der Waals surface area (Å²) in [4.78, 5) is 30.4. The van der Waals surface area contributed by atoms with E-state index in [0.29, 0.717) is 19.6 Å². The first-order valence-electron chi connectivity index (χ1n) is 9.93. The number of rotatable bonds is 8. The fraction of sp³-hybridized carbons (Fsp3) is 0.619. The van der Waals surface area contributed by atoms with E-state index in [-0.39, 0.29) is 29.0 Å². The summed E-state index contributed by atoms with van der Waals surface area (Å²) in [5.74, 6) is 0.549. The summed E-state index contributed by atoms with van der Waals surface area (Å²) in [7, 11) is 0. The zero-order valence-electron chi connectivity index (χ0n) is 17.0. The molecule has 1 heterocycles. The maximum absolute atomic E-state index is 13.1. The molecule has 150 valence electrons. The molecular formula is C21H33N3O2S. The molecule has 6 heteroatoms. The lowest BCUT2D eigenvalue weighted by Gasteiger charge is -2.36. The molecule has 5 nitrogen and oxygen atoms in total. The molecular weight excluding hydrogens is 358 g/mol. The zero-order valence-corrected chi connectivity index (χ0v) is 17.8. The van der Waals surface area contributed by atoms with Crippen molar-refractivity contribution in [1.29, 1.82) is 0 Å². The van der Waals surface area contributed by atoms with Gasteiger partial charge in [-0.25, -0.2) is 0 Å². The molecule has 1 N–H and O–H groups in total. The predicted octanol–water partition coefficient (Wildman–Crippen LogP) is 2.86. The lowest BCUT2D eigenvalue weighted by molar-refractivity contribution is -0.133. The van der Waals surface area contributed by atoms with Crippen LogP contribution in [0.15, 0.2) is 35.2 Å². The lowest BCUT2D eigenvalue weighted by Crippen LogP contribution is -2.53. The van der Waals surface area contributed by atoms with Crippen LogP contribution in [0.5, 0.6) is 0 Å². The van der Waals surface area contributed by atoms with E-state index in [1.165, 1.54) is 0 Å². The molecule has 1 aromatic carbocycles. The second-order valence-electron chi connectivity index (χ2n) is 7.57. The molecule has 2 amide bonds. The van der Waals surface area contributed by atoms with Crippen molar-refractivity contribution in [3.05, 3.63) is 30.3 Å². The Balaban J connectivity index is 1.86. The van der Waals surface area contributed by atoms with Gasteiger partial charge >= 0.3 is 0 Å². The number of nitrogens with one attached hydrogen (secondary N) is 1. The van der Waals surface area contributed by atoms with Crippen molar-refractivity contribution in [1.82, 2.24) is 15.1 Å². The molecule has 1 aliphatic heterocycles. The molecule has 27 heavy (non-hydrogen) atoms. The molecule has 1 fully saturated rings. The Bertz CT molecular complexity index is 601. The van der Waals surface area contributed by atoms with E-state index in [1.54, 1.807) is 11.8 Å². The average molecular weight is 392 g/mol. The smallest absolute Gasteiger partial charge is 0.236 e. The Kier molecular flexibility index (Phi) is 8.64. The van der Waals surface area contributed by atoms with Gasteiger partial charge in [-0.3, -0.25) is 14.5 Å². The van der Waals surface area contributed by atoms with Gasteiger partial charge in [0.15, 0.2) is 0 Å². The van der Waals surface area contributed by atoms with Crippen molar-refractivity contribution in [2.45, 2.75) is 50.3 Å². The lowest BCUT2D eigenvalue weighted by atomic mass is 10.1. The van der Waals surface area contributed by atoms with Gasteiger partial charge in [0.1, 0.15) is 0 Å². The van der Waals surface area contributed by atoms with Crippen LogP contribution in [-0.2, 0) is 9.59 Å². The SMILES string of the molecule is CC[C@@H](C)NC(=O)CN1CCN(C(=O)[C@H](Sc2ccccc2)C(C)C)CC1. The second kappa shape index (κ2) is 10.7. The number of nitrogens with zero attached hydrogens (tertiary/aromatic N) is 2. The van der Waals surface area contributed by atoms with E-state index in [2.05, 4.69) is 43.1 Å². The Hall–Kier alpha value is -1.53. The Morgan fingerprint density at radius 2 is 1.70 bits per heavy atom. The van der Waals surface area contributed by atoms with Gasteiger partial charge in [-0.1, -0.05) is 39.0 Å². The molecule has 1 aromatic rings. The van der Waals surface area contributed by atoms with Gasteiger partial charge in [0.25, 0.3) is 0 Å².